The van der Waals surface area contributed by atoms with Gasteiger partial charge < -0.3 is 20.2 Å². The number of likely N-dealkylation sites (tertiary alicyclic amines) is 1. The molecule has 0 spiro atoms. The van der Waals surface area contributed by atoms with Gasteiger partial charge in [-0.15, -0.1) is 0 Å². The van der Waals surface area contributed by atoms with E-state index in [1.54, 1.807) is 0 Å². The minimum Gasteiger partial charge on any atom is -0.396 e. The van der Waals surface area contributed by atoms with E-state index in [9.17, 15) is 5.11 Å². The van der Waals surface area contributed by atoms with E-state index in [0.29, 0.717) is 18.6 Å². The van der Waals surface area contributed by atoms with Crippen LogP contribution in [0.1, 0.15) is 25.7 Å². The molecule has 0 saturated carbocycles. The van der Waals surface area contributed by atoms with Crippen molar-refractivity contribution >= 4 is 11.4 Å². The van der Waals surface area contributed by atoms with Crippen LogP contribution in [0.5, 0.6) is 0 Å². The third-order valence-electron chi connectivity index (χ3n) is 5.20. The van der Waals surface area contributed by atoms with E-state index in [1.807, 2.05) is 0 Å². The number of piperidine rings is 2. The predicted molar refractivity (Wildman–Crippen MR) is 92.6 cm³/mol. The van der Waals surface area contributed by atoms with E-state index in [1.165, 1.54) is 37.3 Å². The number of aliphatic hydroxyl groups is 1. The zero-order valence-electron chi connectivity index (χ0n) is 13.7. The molecule has 2 saturated heterocycles. The van der Waals surface area contributed by atoms with Gasteiger partial charge in [0.1, 0.15) is 0 Å². The van der Waals surface area contributed by atoms with Crippen molar-refractivity contribution in [1.82, 2.24) is 4.90 Å². The maximum atomic E-state index is 9.31. The quantitative estimate of drug-likeness (QED) is 0.896. The maximum Gasteiger partial charge on any atom is 0.0602 e. The van der Waals surface area contributed by atoms with Crippen LogP contribution in [0.3, 0.4) is 0 Å². The highest BCUT2D eigenvalue weighted by atomic mass is 16.3. The molecule has 122 valence electrons. The first-order valence-corrected chi connectivity index (χ1v) is 8.66. The van der Waals surface area contributed by atoms with Gasteiger partial charge in [-0.3, -0.25) is 0 Å². The molecule has 3 rings (SSSR count). The average Bonchev–Trinajstić information content (AvgIpc) is 2.58. The number of nitrogens with zero attached hydrogens (tertiary/aromatic N) is 2. The Morgan fingerprint density at radius 3 is 2.41 bits per heavy atom. The first-order chi connectivity index (χ1) is 10.8. The van der Waals surface area contributed by atoms with Crippen LogP contribution >= 0.6 is 0 Å². The largest absolute Gasteiger partial charge is 0.396 e. The zero-order chi connectivity index (χ0) is 15.4. The molecule has 0 unspecified atom stereocenters. The van der Waals surface area contributed by atoms with Crippen molar-refractivity contribution < 1.29 is 5.11 Å². The van der Waals surface area contributed by atoms with Crippen molar-refractivity contribution in [3.05, 3.63) is 24.3 Å². The second-order valence-corrected chi connectivity index (χ2v) is 6.85. The van der Waals surface area contributed by atoms with Crippen molar-refractivity contribution in [3.63, 3.8) is 0 Å². The second-order valence-electron chi connectivity index (χ2n) is 6.85. The summed E-state index contributed by atoms with van der Waals surface area (Å²) < 4.78 is 0. The van der Waals surface area contributed by atoms with Gasteiger partial charge in [-0.2, -0.15) is 0 Å². The van der Waals surface area contributed by atoms with Crippen LogP contribution in [0.25, 0.3) is 0 Å². The number of rotatable bonds is 4. The molecule has 2 N–H and O–H groups in total. The average molecular weight is 303 g/mol. The van der Waals surface area contributed by atoms with Crippen molar-refractivity contribution in [2.75, 3.05) is 50.1 Å². The van der Waals surface area contributed by atoms with Gasteiger partial charge >= 0.3 is 0 Å². The lowest BCUT2D eigenvalue weighted by molar-refractivity contribution is 0.203. The standard InChI is InChI=1S/C18H29N3O/c1-20-10-8-16(9-11-20)19-17-4-2-3-5-18(17)21-12-6-15(14-22)7-13-21/h2-5,15-16,19,22H,6-14H2,1H3. The smallest absolute Gasteiger partial charge is 0.0602 e. The van der Waals surface area contributed by atoms with Crippen LogP contribution in [-0.4, -0.2) is 55.9 Å². The SMILES string of the molecule is CN1CCC(Nc2ccccc2N2CCC(CO)CC2)CC1. The van der Waals surface area contributed by atoms with E-state index in [4.69, 9.17) is 0 Å². The van der Waals surface area contributed by atoms with Crippen LogP contribution in [0.15, 0.2) is 24.3 Å². The number of benzene rings is 1. The first-order valence-electron chi connectivity index (χ1n) is 8.66. The van der Waals surface area contributed by atoms with Gasteiger partial charge in [0.15, 0.2) is 0 Å². The van der Waals surface area contributed by atoms with Gasteiger partial charge in [-0.25, -0.2) is 0 Å². The Bertz CT molecular complexity index is 463. The number of aliphatic hydroxyl groups excluding tert-OH is 1. The highest BCUT2D eigenvalue weighted by Gasteiger charge is 2.22. The monoisotopic (exact) mass is 303 g/mol. The molecule has 2 aliphatic rings. The summed E-state index contributed by atoms with van der Waals surface area (Å²) in [6.07, 6.45) is 4.63. The Balaban J connectivity index is 1.65. The molecule has 0 atom stereocenters. The van der Waals surface area contributed by atoms with Crippen molar-refractivity contribution in [3.8, 4) is 0 Å². The molecule has 2 aliphatic heterocycles. The lowest BCUT2D eigenvalue weighted by Crippen LogP contribution is -2.38. The minimum atomic E-state index is 0.337. The van der Waals surface area contributed by atoms with Crippen molar-refractivity contribution in [1.29, 1.82) is 0 Å². The Hall–Kier alpha value is -1.26. The summed E-state index contributed by atoms with van der Waals surface area (Å²) in [5.41, 5.74) is 2.61. The lowest BCUT2D eigenvalue weighted by Gasteiger charge is -2.36. The number of anilines is 2. The van der Waals surface area contributed by atoms with E-state index in [0.717, 1.165) is 25.9 Å². The summed E-state index contributed by atoms with van der Waals surface area (Å²) in [5.74, 6) is 0.491. The van der Waals surface area contributed by atoms with Crippen LogP contribution in [-0.2, 0) is 0 Å². The highest BCUT2D eigenvalue weighted by molar-refractivity contribution is 5.70. The molecule has 0 amide bonds. The third kappa shape index (κ3) is 3.73. The highest BCUT2D eigenvalue weighted by Crippen LogP contribution is 2.31. The third-order valence-corrected chi connectivity index (χ3v) is 5.20. The topological polar surface area (TPSA) is 38.7 Å². The molecular weight excluding hydrogens is 274 g/mol. The van der Waals surface area contributed by atoms with Crippen LogP contribution in [0.4, 0.5) is 11.4 Å². The Morgan fingerprint density at radius 2 is 1.73 bits per heavy atom. The van der Waals surface area contributed by atoms with E-state index >= 15 is 0 Å². The number of hydrogen-bond donors (Lipinski definition) is 2. The molecule has 0 bridgehead atoms. The minimum absolute atomic E-state index is 0.337. The number of hydrogen-bond acceptors (Lipinski definition) is 4. The molecular formula is C18H29N3O. The molecule has 1 aromatic rings. The molecule has 1 aromatic carbocycles. The van der Waals surface area contributed by atoms with Gasteiger partial charge in [-0.1, -0.05) is 12.1 Å². The molecule has 0 aliphatic carbocycles. The summed E-state index contributed by atoms with van der Waals surface area (Å²) in [7, 11) is 2.20. The Kier molecular flexibility index (Phi) is 5.21. The van der Waals surface area contributed by atoms with E-state index < -0.39 is 0 Å². The molecule has 2 fully saturated rings. The molecule has 2 heterocycles. The van der Waals surface area contributed by atoms with Crippen LogP contribution in [0, 0.1) is 5.92 Å². The van der Waals surface area contributed by atoms with E-state index in [-0.39, 0.29) is 0 Å². The number of para-hydroxylation sites is 2. The molecule has 0 radical (unpaired) electrons. The summed E-state index contributed by atoms with van der Waals surface area (Å²) >= 11 is 0. The fourth-order valence-corrected chi connectivity index (χ4v) is 3.60. The lowest BCUT2D eigenvalue weighted by atomic mass is 9.97. The van der Waals surface area contributed by atoms with E-state index in [2.05, 4.69) is 46.4 Å². The molecule has 0 aromatic heterocycles. The van der Waals surface area contributed by atoms with Gasteiger partial charge in [0.25, 0.3) is 0 Å². The Morgan fingerprint density at radius 1 is 1.05 bits per heavy atom. The van der Waals surface area contributed by atoms with Crippen molar-refractivity contribution in [2.24, 2.45) is 5.92 Å². The van der Waals surface area contributed by atoms with Gasteiger partial charge in [0.2, 0.25) is 0 Å². The fourth-order valence-electron chi connectivity index (χ4n) is 3.60. The molecule has 22 heavy (non-hydrogen) atoms. The molecule has 4 heteroatoms. The summed E-state index contributed by atoms with van der Waals surface area (Å²) in [5, 5.41) is 13.1. The summed E-state index contributed by atoms with van der Waals surface area (Å²) in [6, 6.07) is 9.30. The second kappa shape index (κ2) is 7.34. The fraction of sp³-hybridized carbons (Fsp3) is 0.667. The summed E-state index contributed by atoms with van der Waals surface area (Å²) in [4.78, 5) is 4.88. The number of nitrogens with one attached hydrogen (secondary N) is 1. The van der Waals surface area contributed by atoms with Gasteiger partial charge in [-0.05, 0) is 63.9 Å². The van der Waals surface area contributed by atoms with Gasteiger partial charge in [0.05, 0.1) is 11.4 Å². The maximum absolute atomic E-state index is 9.31. The molecule has 4 nitrogen and oxygen atoms in total. The zero-order valence-corrected chi connectivity index (χ0v) is 13.7. The van der Waals surface area contributed by atoms with Gasteiger partial charge in [0, 0.05) is 25.7 Å². The van der Waals surface area contributed by atoms with Crippen LogP contribution in [0.2, 0.25) is 0 Å². The normalized spacial score (nSPS) is 22.0. The first kappa shape index (κ1) is 15.6. The van der Waals surface area contributed by atoms with Crippen molar-refractivity contribution in [2.45, 2.75) is 31.7 Å². The predicted octanol–water partition coefficient (Wildman–Crippen LogP) is 2.40. The van der Waals surface area contributed by atoms with Crippen LogP contribution < -0.4 is 10.2 Å². The summed E-state index contributed by atoms with van der Waals surface area (Å²) in [6.45, 7) is 4.81. The Labute approximate surface area is 134 Å².